The largest absolute Gasteiger partial charge is 0.135 e. The molecule has 0 unspecified atom stereocenters. The Balaban J connectivity index is 1.43. The molecule has 0 spiro atoms. The van der Waals surface area contributed by atoms with Crippen LogP contribution in [0.1, 0.15) is 0 Å². The van der Waals surface area contributed by atoms with Crippen molar-refractivity contribution in [3.8, 4) is 22.3 Å². The van der Waals surface area contributed by atoms with E-state index in [0.717, 1.165) is 0 Å². The molecule has 0 aliphatic rings. The lowest BCUT2D eigenvalue weighted by Crippen LogP contribution is -1.92. The van der Waals surface area contributed by atoms with Gasteiger partial charge in [-0.3, -0.25) is 0 Å². The number of hydrogen-bond acceptors (Lipinski definition) is 1. The molecular formula is C40H24S. The summed E-state index contributed by atoms with van der Waals surface area (Å²) in [6, 6.07) is 53.7. The van der Waals surface area contributed by atoms with Gasteiger partial charge < -0.3 is 0 Å². The fourth-order valence-electron chi connectivity index (χ4n) is 6.87. The predicted octanol–water partition coefficient (Wildman–Crippen LogP) is 12.0. The Morgan fingerprint density at radius 2 is 0.780 bits per heavy atom. The van der Waals surface area contributed by atoms with Gasteiger partial charge in [-0.25, -0.2) is 0 Å². The van der Waals surface area contributed by atoms with Crippen molar-refractivity contribution in [2.75, 3.05) is 0 Å². The van der Waals surface area contributed by atoms with Crippen LogP contribution in [0.25, 0.3) is 85.5 Å². The van der Waals surface area contributed by atoms with Crippen LogP contribution in [-0.4, -0.2) is 0 Å². The molecule has 0 aliphatic carbocycles. The standard InChI is InChI=1S/C40H24S/c1-2-14-27-25(11-1)12-9-20-29(27)39-30-16-3-5-18-32(30)40(33-19-6-4-17-31(33)39)34-21-10-13-26-23-36-28-15-7-8-22-37(28)41-38(36)24-35(26)34/h1-24H. The van der Waals surface area contributed by atoms with E-state index in [1.54, 1.807) is 0 Å². The van der Waals surface area contributed by atoms with Crippen LogP contribution in [-0.2, 0) is 0 Å². The van der Waals surface area contributed by atoms with Crippen LogP contribution in [0.3, 0.4) is 0 Å². The summed E-state index contributed by atoms with van der Waals surface area (Å²) in [5, 5.41) is 13.0. The Hall–Kier alpha value is -4.98. The highest BCUT2D eigenvalue weighted by atomic mass is 32.1. The van der Waals surface area contributed by atoms with Crippen molar-refractivity contribution in [2.24, 2.45) is 0 Å². The number of hydrogen-bond donors (Lipinski definition) is 0. The Kier molecular flexibility index (Phi) is 4.87. The molecule has 1 aromatic heterocycles. The van der Waals surface area contributed by atoms with E-state index in [9.17, 15) is 0 Å². The fraction of sp³-hybridized carbons (Fsp3) is 0. The summed E-state index contributed by atoms with van der Waals surface area (Å²) in [5.74, 6) is 0. The molecule has 0 saturated carbocycles. The lowest BCUT2D eigenvalue weighted by Gasteiger charge is -2.19. The Labute approximate surface area is 241 Å². The summed E-state index contributed by atoms with van der Waals surface area (Å²) in [7, 11) is 0. The molecule has 0 atom stereocenters. The highest BCUT2D eigenvalue weighted by molar-refractivity contribution is 7.25. The molecule has 0 aliphatic heterocycles. The average molecular weight is 537 g/mol. The molecule has 0 N–H and O–H groups in total. The summed E-state index contributed by atoms with van der Waals surface area (Å²) in [6.45, 7) is 0. The van der Waals surface area contributed by atoms with Gasteiger partial charge in [0.25, 0.3) is 0 Å². The third kappa shape index (κ3) is 3.33. The second-order valence-electron chi connectivity index (χ2n) is 10.8. The van der Waals surface area contributed by atoms with Crippen LogP contribution in [0.15, 0.2) is 146 Å². The van der Waals surface area contributed by atoms with Gasteiger partial charge in [0.15, 0.2) is 0 Å². The lowest BCUT2D eigenvalue weighted by molar-refractivity contribution is 1.69. The Morgan fingerprint density at radius 3 is 1.44 bits per heavy atom. The summed E-state index contributed by atoms with van der Waals surface area (Å²) < 4.78 is 2.68. The van der Waals surface area contributed by atoms with Gasteiger partial charge in [-0.05, 0) is 83.5 Å². The molecule has 41 heavy (non-hydrogen) atoms. The molecular weight excluding hydrogens is 513 g/mol. The second kappa shape index (κ2) is 8.76. The average Bonchev–Trinajstić information content (AvgIpc) is 3.39. The second-order valence-corrected chi connectivity index (χ2v) is 11.9. The molecule has 0 bridgehead atoms. The van der Waals surface area contributed by atoms with Crippen LogP contribution in [0.2, 0.25) is 0 Å². The molecule has 9 rings (SSSR count). The van der Waals surface area contributed by atoms with Gasteiger partial charge in [0.1, 0.15) is 0 Å². The summed E-state index contributed by atoms with van der Waals surface area (Å²) in [6.07, 6.45) is 0. The van der Waals surface area contributed by atoms with Crippen molar-refractivity contribution in [3.05, 3.63) is 146 Å². The molecule has 1 heterocycles. The smallest absolute Gasteiger partial charge is 0.0362 e. The summed E-state index contributed by atoms with van der Waals surface area (Å²) in [5.41, 5.74) is 5.20. The fourth-order valence-corrected chi connectivity index (χ4v) is 7.99. The molecule has 9 aromatic rings. The van der Waals surface area contributed by atoms with Crippen LogP contribution in [0.5, 0.6) is 0 Å². The third-order valence-corrected chi connectivity index (χ3v) is 9.77. The van der Waals surface area contributed by atoms with Crippen LogP contribution >= 0.6 is 11.3 Å². The van der Waals surface area contributed by atoms with Crippen LogP contribution in [0.4, 0.5) is 0 Å². The molecule has 0 radical (unpaired) electrons. The van der Waals surface area contributed by atoms with Crippen molar-refractivity contribution in [2.45, 2.75) is 0 Å². The predicted molar refractivity (Wildman–Crippen MR) is 180 cm³/mol. The van der Waals surface area contributed by atoms with Gasteiger partial charge in [0.05, 0.1) is 0 Å². The third-order valence-electron chi connectivity index (χ3n) is 8.64. The van der Waals surface area contributed by atoms with Crippen molar-refractivity contribution in [3.63, 3.8) is 0 Å². The van der Waals surface area contributed by atoms with Gasteiger partial charge in [-0.15, -0.1) is 11.3 Å². The number of fused-ring (bicyclic) bond motifs is 7. The van der Waals surface area contributed by atoms with E-state index in [1.165, 1.54) is 85.5 Å². The monoisotopic (exact) mass is 536 g/mol. The number of thiophene rings is 1. The van der Waals surface area contributed by atoms with Gasteiger partial charge >= 0.3 is 0 Å². The normalized spacial score (nSPS) is 11.9. The van der Waals surface area contributed by atoms with Gasteiger partial charge in [0, 0.05) is 20.2 Å². The minimum Gasteiger partial charge on any atom is -0.135 e. The van der Waals surface area contributed by atoms with Gasteiger partial charge in [-0.1, -0.05) is 127 Å². The quantitative estimate of drug-likeness (QED) is 0.193. The minimum atomic E-state index is 1.27. The van der Waals surface area contributed by atoms with E-state index in [4.69, 9.17) is 0 Å². The number of rotatable bonds is 2. The highest BCUT2D eigenvalue weighted by Gasteiger charge is 2.19. The first-order chi connectivity index (χ1) is 20.3. The van der Waals surface area contributed by atoms with E-state index >= 15 is 0 Å². The molecule has 1 heteroatoms. The lowest BCUT2D eigenvalue weighted by atomic mass is 9.83. The molecule has 190 valence electrons. The first-order valence-electron chi connectivity index (χ1n) is 14.1. The first kappa shape index (κ1) is 22.8. The Bertz CT molecular complexity index is 2410. The minimum absolute atomic E-state index is 1.27. The molecule has 0 amide bonds. The van der Waals surface area contributed by atoms with E-state index < -0.39 is 0 Å². The SMILES string of the molecule is c1ccc2c(-c3c4ccccc4c(-c4cccc5cc6c(cc45)sc4ccccc46)c4ccccc34)cccc2c1. The first-order valence-corrected chi connectivity index (χ1v) is 14.9. The maximum Gasteiger partial charge on any atom is 0.0362 e. The summed E-state index contributed by atoms with van der Waals surface area (Å²) >= 11 is 1.89. The zero-order valence-electron chi connectivity index (χ0n) is 22.3. The molecule has 0 saturated heterocycles. The van der Waals surface area contributed by atoms with Crippen molar-refractivity contribution >= 4 is 74.6 Å². The van der Waals surface area contributed by atoms with Gasteiger partial charge in [0.2, 0.25) is 0 Å². The zero-order chi connectivity index (χ0) is 26.9. The van der Waals surface area contributed by atoms with Crippen LogP contribution < -0.4 is 0 Å². The maximum absolute atomic E-state index is 2.42. The topological polar surface area (TPSA) is 0 Å². The number of benzene rings is 8. The van der Waals surface area contributed by atoms with E-state index in [0.29, 0.717) is 0 Å². The molecule has 8 aromatic carbocycles. The van der Waals surface area contributed by atoms with Crippen LogP contribution in [0, 0.1) is 0 Å². The van der Waals surface area contributed by atoms with Crippen molar-refractivity contribution in [1.82, 2.24) is 0 Å². The summed E-state index contributed by atoms with van der Waals surface area (Å²) in [4.78, 5) is 0. The van der Waals surface area contributed by atoms with Gasteiger partial charge in [-0.2, -0.15) is 0 Å². The van der Waals surface area contributed by atoms with E-state index in [1.807, 2.05) is 11.3 Å². The zero-order valence-corrected chi connectivity index (χ0v) is 23.1. The molecule has 0 fully saturated rings. The maximum atomic E-state index is 2.42. The van der Waals surface area contributed by atoms with E-state index in [2.05, 4.69) is 146 Å². The van der Waals surface area contributed by atoms with Crippen molar-refractivity contribution < 1.29 is 0 Å². The van der Waals surface area contributed by atoms with Crippen molar-refractivity contribution in [1.29, 1.82) is 0 Å². The highest BCUT2D eigenvalue weighted by Crippen LogP contribution is 2.47. The molecule has 0 nitrogen and oxygen atoms in total. The Morgan fingerprint density at radius 1 is 0.293 bits per heavy atom. The van der Waals surface area contributed by atoms with E-state index in [-0.39, 0.29) is 0 Å².